The van der Waals surface area contributed by atoms with Gasteiger partial charge in [-0.15, -0.1) is 0 Å². The molecule has 0 saturated carbocycles. The molecule has 0 radical (unpaired) electrons. The number of rotatable bonds is 4. The van der Waals surface area contributed by atoms with Gasteiger partial charge in [0.15, 0.2) is 5.78 Å². The van der Waals surface area contributed by atoms with Crippen molar-refractivity contribution in [3.63, 3.8) is 0 Å². The summed E-state index contributed by atoms with van der Waals surface area (Å²) in [5.74, 6) is -0.433. The van der Waals surface area contributed by atoms with Crippen LogP contribution < -0.4 is 0 Å². The van der Waals surface area contributed by atoms with Gasteiger partial charge in [0.25, 0.3) is 5.69 Å². The van der Waals surface area contributed by atoms with Crippen molar-refractivity contribution in [1.82, 2.24) is 0 Å². The number of carbonyl (C=O) groups is 1. The molecular weight excluding hydrogens is 278 g/mol. The van der Waals surface area contributed by atoms with Gasteiger partial charge in [0, 0.05) is 11.1 Å². The lowest BCUT2D eigenvalue weighted by Crippen LogP contribution is -2.00. The van der Waals surface area contributed by atoms with Crippen molar-refractivity contribution in [2.75, 3.05) is 0 Å². The fraction of sp³-hybridized carbons (Fsp3) is 0. The summed E-state index contributed by atoms with van der Waals surface area (Å²) < 4.78 is 0. The van der Waals surface area contributed by atoms with Crippen LogP contribution in [0.5, 0.6) is 0 Å². The van der Waals surface area contributed by atoms with E-state index in [4.69, 9.17) is 11.6 Å². The average molecular weight is 288 g/mol. The number of allylic oxidation sites excluding steroid dienone is 1. The van der Waals surface area contributed by atoms with Crippen molar-refractivity contribution < 1.29 is 9.72 Å². The second kappa shape index (κ2) is 6.12. The van der Waals surface area contributed by atoms with Gasteiger partial charge in [0.2, 0.25) is 0 Å². The molecular formula is C15H10ClNO3. The Morgan fingerprint density at radius 2 is 1.75 bits per heavy atom. The highest BCUT2D eigenvalue weighted by atomic mass is 35.5. The molecule has 0 aliphatic rings. The zero-order valence-corrected chi connectivity index (χ0v) is 11.1. The third kappa shape index (κ3) is 3.10. The Morgan fingerprint density at radius 1 is 1.10 bits per heavy atom. The number of para-hydroxylation sites is 1. The molecule has 0 atom stereocenters. The number of hydrogen-bond donors (Lipinski definition) is 0. The molecule has 0 fully saturated rings. The second-order valence-electron chi connectivity index (χ2n) is 3.99. The normalized spacial score (nSPS) is 10.7. The van der Waals surface area contributed by atoms with Crippen LogP contribution in [0.3, 0.4) is 0 Å². The van der Waals surface area contributed by atoms with Crippen molar-refractivity contribution in [2.24, 2.45) is 0 Å². The van der Waals surface area contributed by atoms with E-state index in [2.05, 4.69) is 0 Å². The van der Waals surface area contributed by atoms with Crippen molar-refractivity contribution >= 4 is 29.1 Å². The van der Waals surface area contributed by atoms with E-state index in [1.807, 2.05) is 0 Å². The maximum absolute atomic E-state index is 12.0. The van der Waals surface area contributed by atoms with Gasteiger partial charge in [-0.3, -0.25) is 14.9 Å². The summed E-state index contributed by atoms with van der Waals surface area (Å²) in [6, 6.07) is 12.9. The number of hydrogen-bond acceptors (Lipinski definition) is 3. The van der Waals surface area contributed by atoms with Gasteiger partial charge in [0.1, 0.15) is 0 Å². The molecule has 0 saturated heterocycles. The van der Waals surface area contributed by atoms with Crippen LogP contribution in [0.2, 0.25) is 5.02 Å². The fourth-order valence-corrected chi connectivity index (χ4v) is 1.91. The highest BCUT2D eigenvalue weighted by Crippen LogP contribution is 2.20. The molecule has 0 unspecified atom stereocenters. The maximum atomic E-state index is 12.0. The lowest BCUT2D eigenvalue weighted by molar-refractivity contribution is -0.385. The van der Waals surface area contributed by atoms with E-state index in [1.165, 1.54) is 24.3 Å². The first-order valence-electron chi connectivity index (χ1n) is 5.80. The Kier molecular flexibility index (Phi) is 4.27. The third-order valence-electron chi connectivity index (χ3n) is 2.69. The van der Waals surface area contributed by atoms with E-state index in [0.29, 0.717) is 10.6 Å². The Morgan fingerprint density at radius 3 is 2.45 bits per heavy atom. The molecule has 0 bridgehead atoms. The summed E-state index contributed by atoms with van der Waals surface area (Å²) in [7, 11) is 0. The standard InChI is InChI=1S/C15H10ClNO3/c16-13-7-3-1-5-11(13)9-10-15(18)12-6-2-4-8-14(12)17(19)20/h1-10H. The molecule has 2 rings (SSSR count). The molecule has 0 aromatic heterocycles. The number of benzene rings is 2. The van der Waals surface area contributed by atoms with E-state index in [-0.39, 0.29) is 11.3 Å². The zero-order chi connectivity index (χ0) is 14.5. The molecule has 4 nitrogen and oxygen atoms in total. The van der Waals surface area contributed by atoms with Crippen molar-refractivity contribution in [1.29, 1.82) is 0 Å². The van der Waals surface area contributed by atoms with Gasteiger partial charge in [0.05, 0.1) is 10.5 Å². The third-order valence-corrected chi connectivity index (χ3v) is 3.03. The van der Waals surface area contributed by atoms with E-state index in [1.54, 1.807) is 36.4 Å². The van der Waals surface area contributed by atoms with Crippen molar-refractivity contribution in [3.05, 3.63) is 80.9 Å². The van der Waals surface area contributed by atoms with Gasteiger partial charge < -0.3 is 0 Å². The first-order chi connectivity index (χ1) is 9.59. The number of nitrogens with zero attached hydrogens (tertiary/aromatic N) is 1. The van der Waals surface area contributed by atoms with Crippen LogP contribution in [-0.4, -0.2) is 10.7 Å². The average Bonchev–Trinajstić information content (AvgIpc) is 2.46. The lowest BCUT2D eigenvalue weighted by atomic mass is 10.1. The van der Waals surface area contributed by atoms with Crippen molar-refractivity contribution in [3.8, 4) is 0 Å². The molecule has 0 amide bonds. The van der Waals surface area contributed by atoms with Gasteiger partial charge in [-0.2, -0.15) is 0 Å². The Labute approximate surface area is 120 Å². The van der Waals surface area contributed by atoms with Gasteiger partial charge >= 0.3 is 0 Å². The van der Waals surface area contributed by atoms with Crippen LogP contribution >= 0.6 is 11.6 Å². The molecule has 20 heavy (non-hydrogen) atoms. The summed E-state index contributed by atoms with van der Waals surface area (Å²) in [4.78, 5) is 22.3. The molecule has 0 aliphatic carbocycles. The number of nitro benzene ring substituents is 1. The summed E-state index contributed by atoms with van der Waals surface area (Å²) in [5.41, 5.74) is 0.531. The lowest BCUT2D eigenvalue weighted by Gasteiger charge is -1.99. The summed E-state index contributed by atoms with van der Waals surface area (Å²) >= 11 is 5.96. The number of halogens is 1. The first-order valence-corrected chi connectivity index (χ1v) is 6.18. The van der Waals surface area contributed by atoms with Crippen LogP contribution in [0, 0.1) is 10.1 Å². The van der Waals surface area contributed by atoms with Gasteiger partial charge in [-0.25, -0.2) is 0 Å². The van der Waals surface area contributed by atoms with E-state index < -0.39 is 10.7 Å². The minimum Gasteiger partial charge on any atom is -0.289 e. The van der Waals surface area contributed by atoms with E-state index >= 15 is 0 Å². The molecule has 2 aromatic rings. The fourth-order valence-electron chi connectivity index (χ4n) is 1.71. The van der Waals surface area contributed by atoms with Crippen LogP contribution in [0.4, 0.5) is 5.69 Å². The summed E-state index contributed by atoms with van der Waals surface area (Å²) in [6.07, 6.45) is 2.82. The molecule has 5 heteroatoms. The van der Waals surface area contributed by atoms with Gasteiger partial charge in [-0.05, 0) is 29.8 Å². The highest BCUT2D eigenvalue weighted by Gasteiger charge is 2.16. The largest absolute Gasteiger partial charge is 0.289 e. The SMILES string of the molecule is O=C(C=Cc1ccccc1Cl)c1ccccc1[N+](=O)[O-]. The topological polar surface area (TPSA) is 60.2 Å². The molecule has 0 N–H and O–H groups in total. The summed E-state index contributed by atoms with van der Waals surface area (Å²) in [6.45, 7) is 0. The van der Waals surface area contributed by atoms with Crippen LogP contribution in [0.25, 0.3) is 6.08 Å². The summed E-state index contributed by atoms with van der Waals surface area (Å²) in [5, 5.41) is 11.4. The molecule has 0 heterocycles. The molecule has 0 spiro atoms. The number of carbonyl (C=O) groups excluding carboxylic acids is 1. The molecule has 100 valence electrons. The van der Waals surface area contributed by atoms with Gasteiger partial charge in [-0.1, -0.05) is 41.9 Å². The maximum Gasteiger partial charge on any atom is 0.280 e. The van der Waals surface area contributed by atoms with Crippen molar-refractivity contribution in [2.45, 2.75) is 0 Å². The monoisotopic (exact) mass is 287 g/mol. The quantitative estimate of drug-likeness (QED) is 0.367. The van der Waals surface area contributed by atoms with Crippen LogP contribution in [-0.2, 0) is 0 Å². The predicted octanol–water partition coefficient (Wildman–Crippen LogP) is 4.14. The minimum absolute atomic E-state index is 0.0563. The smallest absolute Gasteiger partial charge is 0.280 e. The first kappa shape index (κ1) is 14.0. The van der Waals surface area contributed by atoms with E-state index in [0.717, 1.165) is 0 Å². The molecule has 0 aliphatic heterocycles. The Bertz CT molecular complexity index is 695. The number of ketones is 1. The van der Waals surface area contributed by atoms with Crippen LogP contribution in [0.1, 0.15) is 15.9 Å². The highest BCUT2D eigenvalue weighted by molar-refractivity contribution is 6.32. The Hall–Kier alpha value is -2.46. The molecule has 2 aromatic carbocycles. The van der Waals surface area contributed by atoms with E-state index in [9.17, 15) is 14.9 Å². The zero-order valence-electron chi connectivity index (χ0n) is 10.3. The Balaban J connectivity index is 2.30. The van der Waals surface area contributed by atoms with Crippen LogP contribution in [0.15, 0.2) is 54.6 Å². The number of nitro groups is 1. The predicted molar refractivity (Wildman–Crippen MR) is 77.9 cm³/mol. The minimum atomic E-state index is -0.573. The second-order valence-corrected chi connectivity index (χ2v) is 4.40.